The molecule has 21 heavy (non-hydrogen) atoms. The zero-order valence-electron chi connectivity index (χ0n) is 12.5. The van der Waals surface area contributed by atoms with Gasteiger partial charge in [0.25, 0.3) is 0 Å². The normalized spacial score (nSPS) is 10.2. The van der Waals surface area contributed by atoms with E-state index in [2.05, 4.69) is 11.1 Å². The van der Waals surface area contributed by atoms with Crippen LogP contribution in [0.15, 0.2) is 36.5 Å². The van der Waals surface area contributed by atoms with Crippen molar-refractivity contribution in [2.75, 3.05) is 24.8 Å². The maximum absolute atomic E-state index is 11.7. The molecule has 5 nitrogen and oxygen atoms in total. The number of methoxy groups -OCH3 is 1. The molecule has 0 atom stereocenters. The van der Waals surface area contributed by atoms with E-state index >= 15 is 0 Å². The highest BCUT2D eigenvalue weighted by atomic mass is 16.5. The molecule has 110 valence electrons. The minimum Gasteiger partial charge on any atom is -0.465 e. The average molecular weight is 285 g/mol. The fraction of sp³-hybridized carbons (Fsp3) is 0.250. The number of rotatable bonds is 4. The Morgan fingerprint density at radius 3 is 2.81 bits per heavy atom. The van der Waals surface area contributed by atoms with E-state index in [0.29, 0.717) is 23.6 Å². The fourth-order valence-corrected chi connectivity index (χ4v) is 2.21. The van der Waals surface area contributed by atoms with Crippen LogP contribution in [-0.2, 0) is 11.3 Å². The predicted molar refractivity (Wildman–Crippen MR) is 83.3 cm³/mol. The number of anilines is 2. The molecule has 0 aliphatic rings. The number of hydrogen-bond donors (Lipinski definition) is 1. The van der Waals surface area contributed by atoms with Crippen molar-refractivity contribution in [3.05, 3.63) is 53.2 Å². The van der Waals surface area contributed by atoms with Gasteiger partial charge in [0.15, 0.2) is 5.82 Å². The van der Waals surface area contributed by atoms with E-state index in [1.165, 1.54) is 12.7 Å². The quantitative estimate of drug-likeness (QED) is 0.874. The molecule has 0 aliphatic carbocycles. The van der Waals surface area contributed by atoms with Gasteiger partial charge >= 0.3 is 5.97 Å². The molecular formula is C16H19N3O2. The van der Waals surface area contributed by atoms with Crippen molar-refractivity contribution in [1.82, 2.24) is 4.98 Å². The summed E-state index contributed by atoms with van der Waals surface area (Å²) in [7, 11) is 3.22. The second kappa shape index (κ2) is 6.26. The van der Waals surface area contributed by atoms with Gasteiger partial charge in [-0.25, -0.2) is 9.78 Å². The molecule has 1 aromatic carbocycles. The Morgan fingerprint density at radius 1 is 1.38 bits per heavy atom. The molecule has 2 aromatic rings. The van der Waals surface area contributed by atoms with Crippen molar-refractivity contribution < 1.29 is 9.53 Å². The summed E-state index contributed by atoms with van der Waals surface area (Å²) in [5.74, 6) is 0.111. The first-order valence-corrected chi connectivity index (χ1v) is 6.62. The van der Waals surface area contributed by atoms with Crippen molar-refractivity contribution in [3.63, 3.8) is 0 Å². The van der Waals surface area contributed by atoms with Crippen molar-refractivity contribution in [1.29, 1.82) is 0 Å². The number of carbonyl (C=O) groups excluding carboxylic acids is 1. The Bertz CT molecular complexity index is 656. The molecule has 1 aromatic heterocycles. The first kappa shape index (κ1) is 14.8. The lowest BCUT2D eigenvalue weighted by atomic mass is 10.1. The van der Waals surface area contributed by atoms with Crippen molar-refractivity contribution in [2.45, 2.75) is 13.5 Å². The second-order valence-electron chi connectivity index (χ2n) is 4.93. The minimum atomic E-state index is -0.458. The van der Waals surface area contributed by atoms with Gasteiger partial charge < -0.3 is 15.4 Å². The van der Waals surface area contributed by atoms with Crippen LogP contribution in [0.25, 0.3) is 0 Å². The van der Waals surface area contributed by atoms with Crippen LogP contribution < -0.4 is 10.6 Å². The summed E-state index contributed by atoms with van der Waals surface area (Å²) >= 11 is 0. The molecule has 0 radical (unpaired) electrons. The van der Waals surface area contributed by atoms with Crippen LogP contribution in [-0.4, -0.2) is 25.1 Å². The standard InChI is InChI=1S/C16H19N3O2/c1-11-5-4-6-12(9-11)10-19(2)15-14(17)13(7-8-18-15)16(20)21-3/h4-9H,10,17H2,1-3H3. The molecule has 5 heteroatoms. The van der Waals surface area contributed by atoms with E-state index in [4.69, 9.17) is 10.5 Å². The zero-order chi connectivity index (χ0) is 15.4. The highest BCUT2D eigenvalue weighted by Crippen LogP contribution is 2.25. The monoisotopic (exact) mass is 285 g/mol. The first-order chi connectivity index (χ1) is 10.0. The lowest BCUT2D eigenvalue weighted by Gasteiger charge is -2.21. The largest absolute Gasteiger partial charge is 0.465 e. The summed E-state index contributed by atoms with van der Waals surface area (Å²) in [4.78, 5) is 17.8. The number of nitrogens with two attached hydrogens (primary N) is 1. The molecule has 0 aliphatic heterocycles. The zero-order valence-corrected chi connectivity index (χ0v) is 12.5. The van der Waals surface area contributed by atoms with Crippen molar-refractivity contribution >= 4 is 17.5 Å². The SMILES string of the molecule is COC(=O)c1ccnc(N(C)Cc2cccc(C)c2)c1N. The van der Waals surface area contributed by atoms with Crippen LogP contribution in [0.2, 0.25) is 0 Å². The van der Waals surface area contributed by atoms with Gasteiger partial charge in [-0.15, -0.1) is 0 Å². The van der Waals surface area contributed by atoms with Crippen LogP contribution in [0.4, 0.5) is 11.5 Å². The lowest BCUT2D eigenvalue weighted by molar-refractivity contribution is 0.0602. The minimum absolute atomic E-state index is 0.332. The number of esters is 1. The summed E-state index contributed by atoms with van der Waals surface area (Å²) in [6.45, 7) is 2.71. The van der Waals surface area contributed by atoms with E-state index in [0.717, 1.165) is 5.56 Å². The Balaban J connectivity index is 2.27. The summed E-state index contributed by atoms with van der Waals surface area (Å²) in [6, 6.07) is 9.78. The Kier molecular flexibility index (Phi) is 4.42. The van der Waals surface area contributed by atoms with E-state index in [1.54, 1.807) is 12.3 Å². The summed E-state index contributed by atoms with van der Waals surface area (Å²) < 4.78 is 4.72. The number of nitrogen functional groups attached to an aromatic ring is 1. The highest BCUT2D eigenvalue weighted by Gasteiger charge is 2.16. The van der Waals surface area contributed by atoms with Crippen LogP contribution >= 0.6 is 0 Å². The number of aryl methyl sites for hydroxylation is 1. The topological polar surface area (TPSA) is 68.5 Å². The molecule has 0 unspecified atom stereocenters. The molecule has 0 fully saturated rings. The van der Waals surface area contributed by atoms with Crippen LogP contribution in [0, 0.1) is 6.92 Å². The highest BCUT2D eigenvalue weighted by molar-refractivity contribution is 5.97. The third-order valence-electron chi connectivity index (χ3n) is 3.24. The van der Waals surface area contributed by atoms with Gasteiger partial charge in [-0.3, -0.25) is 0 Å². The molecule has 2 rings (SSSR count). The molecule has 0 amide bonds. The van der Waals surface area contributed by atoms with E-state index in [9.17, 15) is 4.79 Å². The number of ether oxygens (including phenoxy) is 1. The number of aromatic nitrogens is 1. The smallest absolute Gasteiger partial charge is 0.340 e. The number of benzene rings is 1. The van der Waals surface area contributed by atoms with Gasteiger partial charge in [-0.05, 0) is 18.6 Å². The van der Waals surface area contributed by atoms with Gasteiger partial charge in [0.1, 0.15) is 0 Å². The third kappa shape index (κ3) is 3.31. The fourth-order valence-electron chi connectivity index (χ4n) is 2.21. The van der Waals surface area contributed by atoms with Gasteiger partial charge in [0, 0.05) is 19.8 Å². The second-order valence-corrected chi connectivity index (χ2v) is 4.93. The number of nitrogens with zero attached hydrogens (tertiary/aromatic N) is 2. The van der Waals surface area contributed by atoms with E-state index in [1.807, 2.05) is 37.1 Å². The van der Waals surface area contributed by atoms with E-state index < -0.39 is 5.97 Å². The lowest BCUT2D eigenvalue weighted by Crippen LogP contribution is -2.20. The number of pyridine rings is 1. The van der Waals surface area contributed by atoms with E-state index in [-0.39, 0.29) is 0 Å². The third-order valence-corrected chi connectivity index (χ3v) is 3.24. The number of carbonyl (C=O) groups is 1. The maximum atomic E-state index is 11.7. The van der Waals surface area contributed by atoms with Crippen molar-refractivity contribution in [3.8, 4) is 0 Å². The molecule has 0 saturated carbocycles. The predicted octanol–water partition coefficient (Wildman–Crippen LogP) is 2.40. The molecular weight excluding hydrogens is 266 g/mol. The van der Waals surface area contributed by atoms with Crippen LogP contribution in [0.3, 0.4) is 0 Å². The molecule has 0 bridgehead atoms. The maximum Gasteiger partial charge on any atom is 0.340 e. The summed E-state index contributed by atoms with van der Waals surface area (Å²) in [6.07, 6.45) is 1.56. The molecule has 0 spiro atoms. The van der Waals surface area contributed by atoms with Crippen molar-refractivity contribution in [2.24, 2.45) is 0 Å². The molecule has 1 heterocycles. The van der Waals surface area contributed by atoms with Crippen LogP contribution in [0.5, 0.6) is 0 Å². The molecule has 2 N–H and O–H groups in total. The summed E-state index contributed by atoms with van der Waals surface area (Å²) in [5.41, 5.74) is 9.06. The Hall–Kier alpha value is -2.56. The first-order valence-electron chi connectivity index (χ1n) is 6.62. The van der Waals surface area contributed by atoms with Gasteiger partial charge in [0.05, 0.1) is 18.4 Å². The van der Waals surface area contributed by atoms with Gasteiger partial charge in [-0.1, -0.05) is 29.8 Å². The summed E-state index contributed by atoms with van der Waals surface area (Å²) in [5, 5.41) is 0. The number of hydrogen-bond acceptors (Lipinski definition) is 5. The Morgan fingerprint density at radius 2 is 2.14 bits per heavy atom. The molecule has 0 saturated heterocycles. The Labute approximate surface area is 124 Å². The van der Waals surface area contributed by atoms with Gasteiger partial charge in [-0.2, -0.15) is 0 Å². The van der Waals surface area contributed by atoms with Crippen LogP contribution in [0.1, 0.15) is 21.5 Å². The average Bonchev–Trinajstić information content (AvgIpc) is 2.46. The van der Waals surface area contributed by atoms with Gasteiger partial charge in [0.2, 0.25) is 0 Å².